The van der Waals surface area contributed by atoms with Crippen LogP contribution in [-0.2, 0) is 0 Å². The fourth-order valence-electron chi connectivity index (χ4n) is 0.748. The molecule has 1 aromatic rings. The largest absolute Gasteiger partial charge is 0.354 e. The Hall–Kier alpha value is -0.390. The first kappa shape index (κ1) is 10.7. The van der Waals surface area contributed by atoms with Gasteiger partial charge >= 0.3 is 0 Å². The van der Waals surface area contributed by atoms with E-state index in [4.69, 9.17) is 0 Å². The Kier molecular flexibility index (Phi) is 3.47. The number of hydrogen-bond donors (Lipinski definition) is 1. The third kappa shape index (κ3) is 4.40. The Labute approximate surface area is 92.5 Å². The van der Waals surface area contributed by atoms with Crippen LogP contribution in [0, 0.1) is 8.99 Å². The molecule has 0 saturated carbocycles. The van der Waals surface area contributed by atoms with Gasteiger partial charge in [-0.2, -0.15) is 0 Å². The molecule has 1 N–H and O–H groups in total. The summed E-state index contributed by atoms with van der Waals surface area (Å²) >= 11 is 2.19. The lowest BCUT2D eigenvalue weighted by atomic mass is 9.97. The van der Waals surface area contributed by atoms with E-state index in [1.54, 1.807) is 12.4 Å². The molecule has 0 aliphatic rings. The first-order valence-electron chi connectivity index (χ1n) is 4.19. The zero-order valence-electron chi connectivity index (χ0n) is 8.13. The molecule has 0 aliphatic carbocycles. The van der Waals surface area contributed by atoms with Gasteiger partial charge < -0.3 is 5.32 Å². The van der Waals surface area contributed by atoms with Gasteiger partial charge in [-0.1, -0.05) is 20.8 Å². The van der Waals surface area contributed by atoms with Crippen molar-refractivity contribution in [2.45, 2.75) is 20.8 Å². The van der Waals surface area contributed by atoms with Gasteiger partial charge in [-0.15, -0.1) is 0 Å². The number of halogens is 1. The highest BCUT2D eigenvalue weighted by molar-refractivity contribution is 14.1. The molecule has 0 radical (unpaired) electrons. The molecule has 0 amide bonds. The van der Waals surface area contributed by atoms with Crippen LogP contribution in [0.2, 0.25) is 0 Å². The monoisotopic (exact) mass is 291 g/mol. The first-order chi connectivity index (χ1) is 5.97. The molecule has 0 bridgehead atoms. The molecule has 0 spiro atoms. The summed E-state index contributed by atoms with van der Waals surface area (Å²) in [6.07, 6.45) is 3.61. The summed E-state index contributed by atoms with van der Waals surface area (Å²) in [5, 5.41) is 3.19. The normalized spacial score (nSPS) is 11.4. The van der Waals surface area contributed by atoms with Gasteiger partial charge in [-0.25, -0.2) is 9.97 Å². The summed E-state index contributed by atoms with van der Waals surface area (Å²) < 4.78 is 1.05. The lowest BCUT2D eigenvalue weighted by Crippen LogP contribution is -2.20. The number of aromatic nitrogens is 2. The number of nitrogens with one attached hydrogen (secondary N) is 1. The van der Waals surface area contributed by atoms with E-state index in [-0.39, 0.29) is 5.41 Å². The minimum atomic E-state index is 0.256. The molecule has 1 heterocycles. The van der Waals surface area contributed by atoms with Crippen LogP contribution < -0.4 is 5.32 Å². The van der Waals surface area contributed by atoms with Gasteiger partial charge in [0.1, 0.15) is 0 Å². The molecule has 0 saturated heterocycles. The Bertz CT molecular complexity index is 263. The van der Waals surface area contributed by atoms with Crippen LogP contribution in [0.4, 0.5) is 5.95 Å². The van der Waals surface area contributed by atoms with Crippen LogP contribution in [0.1, 0.15) is 20.8 Å². The molecule has 3 nitrogen and oxygen atoms in total. The molecule has 4 heteroatoms. The van der Waals surface area contributed by atoms with Crippen LogP contribution in [0.5, 0.6) is 0 Å². The molecule has 13 heavy (non-hydrogen) atoms. The quantitative estimate of drug-likeness (QED) is 0.851. The highest BCUT2D eigenvalue weighted by atomic mass is 127. The topological polar surface area (TPSA) is 37.8 Å². The smallest absolute Gasteiger partial charge is 0.222 e. The van der Waals surface area contributed by atoms with Crippen LogP contribution in [0.3, 0.4) is 0 Å². The molecule has 0 aromatic carbocycles. The Morgan fingerprint density at radius 3 is 2.31 bits per heavy atom. The standard InChI is InChI=1S/C9H14IN3/c1-9(2,3)6-13-8-11-4-7(10)5-12-8/h4-5H,6H2,1-3H3,(H,11,12,13). The Balaban J connectivity index is 2.51. The van der Waals surface area contributed by atoms with Gasteiger partial charge in [-0.3, -0.25) is 0 Å². The molecular weight excluding hydrogens is 277 g/mol. The predicted octanol–water partition coefficient (Wildman–Crippen LogP) is 2.54. The predicted molar refractivity (Wildman–Crippen MR) is 62.7 cm³/mol. The van der Waals surface area contributed by atoms with Gasteiger partial charge in [0, 0.05) is 22.5 Å². The molecular formula is C9H14IN3. The molecule has 1 aromatic heterocycles. The van der Waals surface area contributed by atoms with E-state index in [9.17, 15) is 0 Å². The van der Waals surface area contributed by atoms with Gasteiger partial charge in [0.05, 0.1) is 0 Å². The molecule has 0 unspecified atom stereocenters. The second kappa shape index (κ2) is 4.21. The summed E-state index contributed by atoms with van der Waals surface area (Å²) in [7, 11) is 0. The maximum atomic E-state index is 4.15. The number of anilines is 1. The van der Waals surface area contributed by atoms with E-state index < -0.39 is 0 Å². The third-order valence-electron chi connectivity index (χ3n) is 1.40. The van der Waals surface area contributed by atoms with Crippen molar-refractivity contribution >= 4 is 28.5 Å². The SMILES string of the molecule is CC(C)(C)CNc1ncc(I)cn1. The summed E-state index contributed by atoms with van der Waals surface area (Å²) in [5.74, 6) is 0.704. The van der Waals surface area contributed by atoms with Crippen molar-refractivity contribution in [1.29, 1.82) is 0 Å². The van der Waals surface area contributed by atoms with E-state index in [0.717, 1.165) is 10.1 Å². The van der Waals surface area contributed by atoms with Crippen molar-refractivity contribution in [3.63, 3.8) is 0 Å². The fourth-order valence-corrected chi connectivity index (χ4v) is 1.03. The van der Waals surface area contributed by atoms with Gasteiger partial charge in [0.2, 0.25) is 5.95 Å². The summed E-state index contributed by atoms with van der Waals surface area (Å²) in [6, 6.07) is 0. The molecule has 0 fully saturated rings. The first-order valence-corrected chi connectivity index (χ1v) is 5.27. The van der Waals surface area contributed by atoms with Gasteiger partial charge in [0.25, 0.3) is 0 Å². The van der Waals surface area contributed by atoms with Crippen LogP contribution in [0.15, 0.2) is 12.4 Å². The van der Waals surface area contributed by atoms with Crippen molar-refractivity contribution in [2.24, 2.45) is 5.41 Å². The lowest BCUT2D eigenvalue weighted by Gasteiger charge is -2.18. The van der Waals surface area contributed by atoms with Crippen molar-refractivity contribution < 1.29 is 0 Å². The highest BCUT2D eigenvalue weighted by Gasteiger charge is 2.09. The highest BCUT2D eigenvalue weighted by Crippen LogP contribution is 2.13. The van der Waals surface area contributed by atoms with Crippen molar-refractivity contribution in [3.8, 4) is 0 Å². The molecule has 0 atom stereocenters. The lowest BCUT2D eigenvalue weighted by molar-refractivity contribution is 0.442. The maximum absolute atomic E-state index is 4.15. The second-order valence-electron chi connectivity index (χ2n) is 4.14. The second-order valence-corrected chi connectivity index (χ2v) is 5.38. The number of hydrogen-bond acceptors (Lipinski definition) is 3. The average molecular weight is 291 g/mol. The summed E-state index contributed by atoms with van der Waals surface area (Å²) in [4.78, 5) is 8.30. The maximum Gasteiger partial charge on any atom is 0.222 e. The molecule has 1 rings (SSSR count). The zero-order chi connectivity index (χ0) is 9.90. The van der Waals surface area contributed by atoms with Gasteiger partial charge in [-0.05, 0) is 28.0 Å². The number of rotatable bonds is 2. The molecule has 72 valence electrons. The Morgan fingerprint density at radius 2 is 1.85 bits per heavy atom. The van der Waals surface area contributed by atoms with E-state index in [0.29, 0.717) is 5.95 Å². The van der Waals surface area contributed by atoms with Crippen molar-refractivity contribution in [1.82, 2.24) is 9.97 Å². The van der Waals surface area contributed by atoms with Gasteiger partial charge in [0.15, 0.2) is 0 Å². The summed E-state index contributed by atoms with van der Waals surface area (Å²) in [6.45, 7) is 7.40. The van der Waals surface area contributed by atoms with Crippen LogP contribution in [0.25, 0.3) is 0 Å². The van der Waals surface area contributed by atoms with Crippen LogP contribution >= 0.6 is 22.6 Å². The van der Waals surface area contributed by atoms with E-state index >= 15 is 0 Å². The van der Waals surface area contributed by atoms with Crippen molar-refractivity contribution in [2.75, 3.05) is 11.9 Å². The van der Waals surface area contributed by atoms with Crippen LogP contribution in [-0.4, -0.2) is 16.5 Å². The fraction of sp³-hybridized carbons (Fsp3) is 0.556. The molecule has 0 aliphatic heterocycles. The summed E-state index contributed by atoms with van der Waals surface area (Å²) in [5.41, 5.74) is 0.256. The Morgan fingerprint density at radius 1 is 1.31 bits per heavy atom. The van der Waals surface area contributed by atoms with Crippen molar-refractivity contribution in [3.05, 3.63) is 16.0 Å². The zero-order valence-corrected chi connectivity index (χ0v) is 10.3. The minimum absolute atomic E-state index is 0.256. The third-order valence-corrected chi connectivity index (χ3v) is 1.95. The number of nitrogens with zero attached hydrogens (tertiary/aromatic N) is 2. The average Bonchev–Trinajstić information content (AvgIpc) is 2.02. The van der Waals surface area contributed by atoms with E-state index in [2.05, 4.69) is 58.6 Å². The van der Waals surface area contributed by atoms with E-state index in [1.165, 1.54) is 0 Å². The minimum Gasteiger partial charge on any atom is -0.354 e. The van der Waals surface area contributed by atoms with E-state index in [1.807, 2.05) is 0 Å².